The maximum absolute atomic E-state index is 3.86. The monoisotopic (exact) mass is 544 g/mol. The molecule has 4 rings (SSSR count). The Labute approximate surface area is 239 Å². The first-order valence-electron chi connectivity index (χ1n) is 11.0. The standard InChI is InChI=1S/C30H31.3ClH.Ti/c1-21(2)25-15-16-29(20-25)30(26-12-6-9-22(3)17-26,27-13-7-10-23(4)18-27)28-14-8-11-24(5)19-28;;;;/h6-15,17-19,21H,16H2,1-5H3;3*1H;/q-1;;;;+4/p-3. The Morgan fingerprint density at radius 1 is 0.676 bits per heavy atom. The quantitative estimate of drug-likeness (QED) is 0.212. The SMILES string of the molecule is Cc1cccc(C(C2=[C-]C(C(C)C)=CC2)(c2cccc(C)c2)c2cccc(C)c2)c1.[Cl-].[Cl-].[Cl-].[Ti+4]. The van der Waals surface area contributed by atoms with Crippen LogP contribution in [0.15, 0.2) is 90.0 Å². The Morgan fingerprint density at radius 3 is 1.35 bits per heavy atom. The summed E-state index contributed by atoms with van der Waals surface area (Å²) >= 11 is 0. The topological polar surface area (TPSA) is 0 Å². The third-order valence-electron chi connectivity index (χ3n) is 6.25. The van der Waals surface area contributed by atoms with E-state index in [-0.39, 0.29) is 64.4 Å². The van der Waals surface area contributed by atoms with Gasteiger partial charge in [0.2, 0.25) is 0 Å². The minimum Gasteiger partial charge on any atom is -1.00 e. The summed E-state index contributed by atoms with van der Waals surface area (Å²) < 4.78 is 0. The van der Waals surface area contributed by atoms with Gasteiger partial charge >= 0.3 is 21.7 Å². The second-order valence-electron chi connectivity index (χ2n) is 8.98. The van der Waals surface area contributed by atoms with Gasteiger partial charge in [0.1, 0.15) is 0 Å². The van der Waals surface area contributed by atoms with Crippen LogP contribution in [0.25, 0.3) is 0 Å². The number of hydrogen-bond acceptors (Lipinski definition) is 0. The number of allylic oxidation sites excluding steroid dienone is 4. The van der Waals surface area contributed by atoms with Crippen molar-refractivity contribution in [3.8, 4) is 0 Å². The predicted octanol–water partition coefficient (Wildman–Crippen LogP) is -1.33. The molecule has 0 saturated carbocycles. The largest absolute Gasteiger partial charge is 4.00 e. The summed E-state index contributed by atoms with van der Waals surface area (Å²) in [6.45, 7) is 11.1. The molecule has 0 atom stereocenters. The molecular weight excluding hydrogens is 515 g/mol. The van der Waals surface area contributed by atoms with E-state index in [1.807, 2.05) is 0 Å². The minimum atomic E-state index is -0.350. The van der Waals surface area contributed by atoms with Gasteiger partial charge in [-0.25, -0.2) is 17.7 Å². The van der Waals surface area contributed by atoms with Gasteiger partial charge < -0.3 is 37.2 Å². The Kier molecular flexibility index (Phi) is 13.2. The molecule has 0 heterocycles. The molecule has 0 fully saturated rings. The zero-order valence-corrected chi connectivity index (χ0v) is 24.3. The van der Waals surface area contributed by atoms with E-state index in [9.17, 15) is 0 Å². The molecule has 34 heavy (non-hydrogen) atoms. The Balaban J connectivity index is 0.00000272. The predicted molar refractivity (Wildman–Crippen MR) is 128 cm³/mol. The summed E-state index contributed by atoms with van der Waals surface area (Å²) in [4.78, 5) is 0. The van der Waals surface area contributed by atoms with Crippen LogP contribution in [0.1, 0.15) is 53.6 Å². The summed E-state index contributed by atoms with van der Waals surface area (Å²) in [6.07, 6.45) is 7.17. The molecule has 0 saturated heterocycles. The van der Waals surface area contributed by atoms with Gasteiger partial charge in [0.25, 0.3) is 0 Å². The average Bonchev–Trinajstić information content (AvgIpc) is 3.20. The van der Waals surface area contributed by atoms with Gasteiger partial charge in [-0.05, 0) is 37.5 Å². The second kappa shape index (κ2) is 13.7. The van der Waals surface area contributed by atoms with Gasteiger partial charge in [0, 0.05) is 5.41 Å². The molecule has 3 aromatic carbocycles. The summed E-state index contributed by atoms with van der Waals surface area (Å²) in [7, 11) is 0. The Morgan fingerprint density at radius 2 is 1.06 bits per heavy atom. The molecule has 1 aliphatic rings. The molecular formula is C30H31Cl3Ti. The van der Waals surface area contributed by atoms with Gasteiger partial charge in [-0.1, -0.05) is 116 Å². The molecule has 0 aromatic heterocycles. The normalized spacial score (nSPS) is 12.4. The van der Waals surface area contributed by atoms with Crippen LogP contribution in [0.3, 0.4) is 0 Å². The fourth-order valence-electron chi connectivity index (χ4n) is 4.77. The molecule has 0 radical (unpaired) electrons. The van der Waals surface area contributed by atoms with E-state index < -0.39 is 0 Å². The van der Waals surface area contributed by atoms with E-state index in [2.05, 4.69) is 120 Å². The van der Waals surface area contributed by atoms with Crippen molar-refractivity contribution < 1.29 is 58.9 Å². The summed E-state index contributed by atoms with van der Waals surface area (Å²) in [5, 5.41) is 0. The summed E-state index contributed by atoms with van der Waals surface area (Å²) in [6, 6.07) is 27.1. The maximum Gasteiger partial charge on any atom is 4.00 e. The zero-order chi connectivity index (χ0) is 21.3. The summed E-state index contributed by atoms with van der Waals surface area (Å²) in [5.74, 6) is 0.479. The molecule has 0 unspecified atom stereocenters. The third kappa shape index (κ3) is 6.28. The van der Waals surface area contributed by atoms with Crippen molar-refractivity contribution in [2.75, 3.05) is 0 Å². The molecule has 0 N–H and O–H groups in total. The second-order valence-corrected chi connectivity index (χ2v) is 8.98. The Hall–Kier alpha value is -1.28. The van der Waals surface area contributed by atoms with E-state index >= 15 is 0 Å². The average molecular weight is 546 g/mol. The molecule has 0 amide bonds. The smallest absolute Gasteiger partial charge is 1.00 e. The molecule has 0 nitrogen and oxygen atoms in total. The molecule has 3 aromatic rings. The van der Waals surface area contributed by atoms with E-state index in [1.54, 1.807) is 0 Å². The van der Waals surface area contributed by atoms with Crippen molar-refractivity contribution in [3.63, 3.8) is 0 Å². The maximum atomic E-state index is 3.86. The Bertz CT molecular complexity index is 1030. The van der Waals surface area contributed by atoms with Crippen molar-refractivity contribution >= 4 is 0 Å². The van der Waals surface area contributed by atoms with Crippen LogP contribution < -0.4 is 37.2 Å². The molecule has 4 heteroatoms. The first kappa shape index (κ1) is 32.7. The molecule has 0 spiro atoms. The van der Waals surface area contributed by atoms with Crippen LogP contribution in [0.5, 0.6) is 0 Å². The van der Waals surface area contributed by atoms with Crippen LogP contribution in [0.2, 0.25) is 0 Å². The number of halogens is 3. The van der Waals surface area contributed by atoms with Gasteiger partial charge in [0.15, 0.2) is 0 Å². The van der Waals surface area contributed by atoms with Crippen LogP contribution in [0, 0.1) is 32.8 Å². The van der Waals surface area contributed by atoms with Crippen LogP contribution in [-0.4, -0.2) is 0 Å². The molecule has 176 valence electrons. The fraction of sp³-hybridized carbons (Fsp3) is 0.267. The first-order valence-corrected chi connectivity index (χ1v) is 11.0. The van der Waals surface area contributed by atoms with Crippen molar-refractivity contribution in [1.82, 2.24) is 0 Å². The van der Waals surface area contributed by atoms with Gasteiger partial charge in [-0.3, -0.25) is 0 Å². The van der Waals surface area contributed by atoms with Gasteiger partial charge in [0.05, 0.1) is 0 Å². The number of benzene rings is 3. The van der Waals surface area contributed by atoms with Crippen molar-refractivity contribution in [1.29, 1.82) is 0 Å². The number of hydrogen-bond donors (Lipinski definition) is 0. The summed E-state index contributed by atoms with van der Waals surface area (Å²) in [5.41, 5.74) is 10.1. The van der Waals surface area contributed by atoms with Crippen LogP contribution in [0.4, 0.5) is 0 Å². The van der Waals surface area contributed by atoms with E-state index in [0.29, 0.717) is 5.92 Å². The molecule has 1 aliphatic carbocycles. The van der Waals surface area contributed by atoms with Crippen molar-refractivity contribution in [2.45, 2.75) is 46.5 Å². The van der Waals surface area contributed by atoms with E-state index in [4.69, 9.17) is 0 Å². The van der Waals surface area contributed by atoms with E-state index in [1.165, 1.54) is 44.5 Å². The third-order valence-corrected chi connectivity index (χ3v) is 6.25. The fourth-order valence-corrected chi connectivity index (χ4v) is 4.77. The molecule has 0 bridgehead atoms. The number of rotatable bonds is 5. The molecule has 0 aliphatic heterocycles. The van der Waals surface area contributed by atoms with Crippen LogP contribution in [-0.2, 0) is 27.1 Å². The van der Waals surface area contributed by atoms with Gasteiger partial charge in [-0.2, -0.15) is 5.57 Å². The zero-order valence-electron chi connectivity index (χ0n) is 20.4. The van der Waals surface area contributed by atoms with Crippen molar-refractivity contribution in [3.05, 3.63) is 129 Å². The van der Waals surface area contributed by atoms with Gasteiger partial charge in [-0.15, -0.1) is 0 Å². The van der Waals surface area contributed by atoms with E-state index in [0.717, 1.165) is 6.42 Å². The van der Waals surface area contributed by atoms with Crippen LogP contribution >= 0.6 is 0 Å². The number of aryl methyl sites for hydroxylation is 3. The first-order chi connectivity index (χ1) is 14.4. The minimum absolute atomic E-state index is 0. The van der Waals surface area contributed by atoms with Crippen molar-refractivity contribution in [2.24, 2.45) is 5.92 Å².